The normalized spacial score (nSPS) is 11.6. The molecule has 0 atom stereocenters. The third kappa shape index (κ3) is 4.81. The van der Waals surface area contributed by atoms with Crippen LogP contribution in [0.3, 0.4) is 0 Å². The van der Waals surface area contributed by atoms with Crippen molar-refractivity contribution in [2.45, 2.75) is 53.1 Å². The van der Waals surface area contributed by atoms with E-state index in [0.717, 1.165) is 22.9 Å². The van der Waals surface area contributed by atoms with Gasteiger partial charge in [-0.15, -0.1) is 0 Å². The molecule has 0 aliphatic rings. The van der Waals surface area contributed by atoms with Gasteiger partial charge >= 0.3 is 6.09 Å². The average Bonchev–Trinajstić information content (AvgIpc) is 2.94. The molecular weight excluding hydrogens is 318 g/mol. The van der Waals surface area contributed by atoms with E-state index in [2.05, 4.69) is 5.10 Å². The fraction of sp³-hybridized carbons (Fsp3) is 0.526. The standard InChI is InChI=1S/C19H27N3O3/c1-6-11-21(18(24)25-19(3,4)5)12-10-15-8-7-9-17-16(15)13-20-22(17)14(2)23/h7-9,13H,6,10-12H2,1-5H3. The van der Waals surface area contributed by atoms with Crippen LogP contribution in [0.1, 0.15) is 51.4 Å². The van der Waals surface area contributed by atoms with E-state index in [4.69, 9.17) is 4.74 Å². The second-order valence-electron chi connectivity index (χ2n) is 7.14. The van der Waals surface area contributed by atoms with Crippen molar-refractivity contribution >= 4 is 22.9 Å². The van der Waals surface area contributed by atoms with Crippen molar-refractivity contribution < 1.29 is 14.3 Å². The van der Waals surface area contributed by atoms with Crippen molar-refractivity contribution in [2.75, 3.05) is 13.1 Å². The van der Waals surface area contributed by atoms with Crippen molar-refractivity contribution in [3.05, 3.63) is 30.0 Å². The van der Waals surface area contributed by atoms with Crippen LogP contribution >= 0.6 is 0 Å². The highest BCUT2D eigenvalue weighted by Crippen LogP contribution is 2.20. The van der Waals surface area contributed by atoms with Gasteiger partial charge in [0.1, 0.15) is 5.60 Å². The first-order valence-corrected chi connectivity index (χ1v) is 8.67. The molecule has 6 heteroatoms. The first kappa shape index (κ1) is 19.0. The van der Waals surface area contributed by atoms with Crippen molar-refractivity contribution in [1.29, 1.82) is 0 Å². The zero-order valence-electron chi connectivity index (χ0n) is 15.7. The monoisotopic (exact) mass is 345 g/mol. The summed E-state index contributed by atoms with van der Waals surface area (Å²) in [6.07, 6.45) is 2.97. The second-order valence-corrected chi connectivity index (χ2v) is 7.14. The number of ether oxygens (including phenoxy) is 1. The summed E-state index contributed by atoms with van der Waals surface area (Å²) in [5.74, 6) is -0.117. The van der Waals surface area contributed by atoms with E-state index in [1.165, 1.54) is 11.6 Å². The van der Waals surface area contributed by atoms with E-state index < -0.39 is 5.60 Å². The lowest BCUT2D eigenvalue weighted by Gasteiger charge is -2.27. The second kappa shape index (κ2) is 7.68. The Bertz CT molecular complexity index is 759. The van der Waals surface area contributed by atoms with Gasteiger partial charge in [-0.3, -0.25) is 4.79 Å². The fourth-order valence-electron chi connectivity index (χ4n) is 2.73. The van der Waals surface area contributed by atoms with Gasteiger partial charge < -0.3 is 9.64 Å². The Balaban J connectivity index is 2.16. The van der Waals surface area contributed by atoms with Gasteiger partial charge in [0.25, 0.3) is 0 Å². The highest BCUT2D eigenvalue weighted by molar-refractivity contribution is 5.91. The van der Waals surface area contributed by atoms with Crippen LogP contribution in [0.4, 0.5) is 4.79 Å². The van der Waals surface area contributed by atoms with Crippen LogP contribution in [0.5, 0.6) is 0 Å². The first-order valence-electron chi connectivity index (χ1n) is 8.67. The third-order valence-electron chi connectivity index (χ3n) is 3.80. The Labute approximate surface area is 148 Å². The van der Waals surface area contributed by atoms with Crippen molar-refractivity contribution in [1.82, 2.24) is 14.7 Å². The lowest BCUT2D eigenvalue weighted by atomic mass is 10.1. The molecule has 0 saturated heterocycles. The van der Waals surface area contributed by atoms with Crippen LogP contribution in [0, 0.1) is 0 Å². The summed E-state index contributed by atoms with van der Waals surface area (Å²) in [6, 6.07) is 5.80. The van der Waals surface area contributed by atoms with Crippen LogP contribution in [-0.2, 0) is 11.2 Å². The van der Waals surface area contributed by atoms with Crippen LogP contribution in [0.25, 0.3) is 10.9 Å². The predicted molar refractivity (Wildman–Crippen MR) is 97.8 cm³/mol. The smallest absolute Gasteiger partial charge is 0.410 e. The summed E-state index contributed by atoms with van der Waals surface area (Å²) in [6.45, 7) is 10.3. The molecule has 1 heterocycles. The van der Waals surface area contributed by atoms with E-state index in [0.29, 0.717) is 19.5 Å². The van der Waals surface area contributed by atoms with E-state index in [9.17, 15) is 9.59 Å². The largest absolute Gasteiger partial charge is 0.444 e. The number of benzene rings is 1. The van der Waals surface area contributed by atoms with Gasteiger partial charge in [-0.1, -0.05) is 19.1 Å². The zero-order valence-corrected chi connectivity index (χ0v) is 15.7. The minimum absolute atomic E-state index is 0.117. The van der Waals surface area contributed by atoms with Crippen molar-refractivity contribution in [2.24, 2.45) is 0 Å². The minimum atomic E-state index is -0.508. The molecule has 0 radical (unpaired) electrons. The van der Waals surface area contributed by atoms with E-state index in [-0.39, 0.29) is 12.0 Å². The van der Waals surface area contributed by atoms with Gasteiger partial charge in [0.15, 0.2) is 0 Å². The molecule has 0 unspecified atom stereocenters. The number of hydrogen-bond donors (Lipinski definition) is 0. The summed E-state index contributed by atoms with van der Waals surface area (Å²) in [5.41, 5.74) is 1.35. The Morgan fingerprint density at radius 2 is 1.96 bits per heavy atom. The lowest BCUT2D eigenvalue weighted by molar-refractivity contribution is 0.0252. The van der Waals surface area contributed by atoms with Crippen LogP contribution in [-0.4, -0.2) is 45.4 Å². The molecule has 0 aliphatic heterocycles. The topological polar surface area (TPSA) is 64.4 Å². The third-order valence-corrected chi connectivity index (χ3v) is 3.80. The predicted octanol–water partition coefficient (Wildman–Crippen LogP) is 3.89. The van der Waals surface area contributed by atoms with Gasteiger partial charge in [0.2, 0.25) is 5.91 Å². The molecule has 0 bridgehead atoms. The number of carbonyl (C=O) groups is 2. The summed E-state index contributed by atoms with van der Waals surface area (Å²) in [7, 11) is 0. The van der Waals surface area contributed by atoms with Crippen LogP contribution < -0.4 is 0 Å². The average molecular weight is 345 g/mol. The molecule has 0 fully saturated rings. The molecule has 1 amide bonds. The maximum absolute atomic E-state index is 12.4. The summed E-state index contributed by atoms with van der Waals surface area (Å²) < 4.78 is 6.89. The quantitative estimate of drug-likeness (QED) is 0.825. The molecular formula is C19H27N3O3. The number of carbonyl (C=O) groups excluding carboxylic acids is 2. The summed E-state index contributed by atoms with van der Waals surface area (Å²) >= 11 is 0. The van der Waals surface area contributed by atoms with Gasteiger partial charge in [-0.2, -0.15) is 5.10 Å². The maximum atomic E-state index is 12.4. The molecule has 0 saturated carbocycles. The molecule has 0 N–H and O–H groups in total. The number of hydrogen-bond acceptors (Lipinski definition) is 4. The molecule has 2 aromatic rings. The number of aromatic nitrogens is 2. The number of fused-ring (bicyclic) bond motifs is 1. The van der Waals surface area contributed by atoms with E-state index >= 15 is 0 Å². The number of nitrogens with zero attached hydrogens (tertiary/aromatic N) is 3. The Morgan fingerprint density at radius 3 is 2.56 bits per heavy atom. The molecule has 25 heavy (non-hydrogen) atoms. The minimum Gasteiger partial charge on any atom is -0.444 e. The lowest BCUT2D eigenvalue weighted by Crippen LogP contribution is -2.38. The van der Waals surface area contributed by atoms with Gasteiger partial charge in [-0.05, 0) is 45.2 Å². The maximum Gasteiger partial charge on any atom is 0.410 e. The number of amides is 1. The highest BCUT2D eigenvalue weighted by Gasteiger charge is 2.21. The molecule has 2 rings (SSSR count). The molecule has 0 aliphatic carbocycles. The van der Waals surface area contributed by atoms with Gasteiger partial charge in [0, 0.05) is 25.4 Å². The molecule has 136 valence electrons. The van der Waals surface area contributed by atoms with Crippen LogP contribution in [0.2, 0.25) is 0 Å². The van der Waals surface area contributed by atoms with Crippen molar-refractivity contribution in [3.8, 4) is 0 Å². The van der Waals surface area contributed by atoms with E-state index in [1.807, 2.05) is 45.9 Å². The Kier molecular flexibility index (Phi) is 5.82. The first-order chi connectivity index (χ1) is 11.7. The Morgan fingerprint density at radius 1 is 1.24 bits per heavy atom. The molecule has 6 nitrogen and oxygen atoms in total. The van der Waals surface area contributed by atoms with Gasteiger partial charge in [0.05, 0.1) is 11.7 Å². The highest BCUT2D eigenvalue weighted by atomic mass is 16.6. The number of rotatable bonds is 5. The zero-order chi connectivity index (χ0) is 18.6. The SMILES string of the molecule is CCCN(CCc1cccc2c1cnn2C(C)=O)C(=O)OC(C)(C)C. The fourth-order valence-corrected chi connectivity index (χ4v) is 2.73. The van der Waals surface area contributed by atoms with E-state index in [1.54, 1.807) is 11.1 Å². The molecule has 1 aromatic carbocycles. The van der Waals surface area contributed by atoms with Crippen molar-refractivity contribution in [3.63, 3.8) is 0 Å². The Hall–Kier alpha value is -2.37. The molecule has 0 spiro atoms. The van der Waals surface area contributed by atoms with Crippen LogP contribution in [0.15, 0.2) is 24.4 Å². The van der Waals surface area contributed by atoms with Gasteiger partial charge in [-0.25, -0.2) is 9.48 Å². The molecule has 1 aromatic heterocycles. The summed E-state index contributed by atoms with van der Waals surface area (Å²) in [5, 5.41) is 5.11. The summed E-state index contributed by atoms with van der Waals surface area (Å²) in [4.78, 5) is 25.7.